The van der Waals surface area contributed by atoms with Gasteiger partial charge in [-0.3, -0.25) is 4.99 Å². The largest absolute Gasteiger partial charge is 0.497 e. The van der Waals surface area contributed by atoms with Gasteiger partial charge in [0, 0.05) is 24.1 Å². The molecule has 0 aliphatic carbocycles. The molecule has 0 aromatic heterocycles. The fraction of sp³-hybridized carbons (Fsp3) is 0.214. The van der Waals surface area contributed by atoms with Gasteiger partial charge in [0.05, 0.1) is 12.8 Å². The zero-order valence-corrected chi connectivity index (χ0v) is 9.44. The third kappa shape index (κ3) is 2.22. The van der Waals surface area contributed by atoms with E-state index in [1.54, 1.807) is 7.11 Å². The molecule has 0 fully saturated rings. The molecule has 82 valence electrons. The Morgan fingerprint density at radius 2 is 2.38 bits per heavy atom. The van der Waals surface area contributed by atoms with Gasteiger partial charge in [-0.25, -0.2) is 0 Å². The predicted molar refractivity (Wildman–Crippen MR) is 68.6 cm³/mol. The van der Waals surface area contributed by atoms with Crippen LogP contribution in [0.4, 0.5) is 5.69 Å². The lowest BCUT2D eigenvalue weighted by molar-refractivity contribution is 0.415. The zero-order chi connectivity index (χ0) is 11.4. The van der Waals surface area contributed by atoms with Gasteiger partial charge in [-0.1, -0.05) is 18.2 Å². The van der Waals surface area contributed by atoms with E-state index < -0.39 is 0 Å². The van der Waals surface area contributed by atoms with Gasteiger partial charge in [-0.2, -0.15) is 0 Å². The van der Waals surface area contributed by atoms with E-state index in [0.29, 0.717) is 0 Å². The first-order valence-electron chi connectivity index (χ1n) is 5.35. The van der Waals surface area contributed by atoms with Crippen molar-refractivity contribution >= 4 is 17.5 Å². The molecule has 0 bridgehead atoms. The molecule has 1 aromatic carbocycles. The molecule has 0 atom stereocenters. The maximum absolute atomic E-state index is 5.20. The molecular weight excluding hydrogens is 198 g/mol. The van der Waals surface area contributed by atoms with Crippen LogP contribution >= 0.6 is 0 Å². The lowest BCUT2D eigenvalue weighted by atomic mass is 10.1. The SMILES string of the molecule is C=CCC1=Nc2ccc(OC)cc2C=CC1. The van der Waals surface area contributed by atoms with Crippen LogP contribution in [-0.4, -0.2) is 12.8 Å². The Balaban J connectivity index is 2.41. The Bertz CT molecular complexity index is 458. The van der Waals surface area contributed by atoms with Gasteiger partial charge in [0.15, 0.2) is 0 Å². The summed E-state index contributed by atoms with van der Waals surface area (Å²) in [6.07, 6.45) is 7.85. The Hall–Kier alpha value is -1.83. The van der Waals surface area contributed by atoms with E-state index in [1.807, 2.05) is 24.3 Å². The molecule has 0 amide bonds. The number of allylic oxidation sites excluding steroid dienone is 2. The first kappa shape index (κ1) is 10.7. The maximum Gasteiger partial charge on any atom is 0.119 e. The monoisotopic (exact) mass is 213 g/mol. The summed E-state index contributed by atoms with van der Waals surface area (Å²) in [4.78, 5) is 4.63. The maximum atomic E-state index is 5.20. The van der Waals surface area contributed by atoms with Crippen LogP contribution in [0.5, 0.6) is 5.75 Å². The molecule has 1 aromatic rings. The van der Waals surface area contributed by atoms with E-state index in [2.05, 4.69) is 23.7 Å². The topological polar surface area (TPSA) is 21.6 Å². The first-order chi connectivity index (χ1) is 7.83. The number of nitrogens with zero attached hydrogens (tertiary/aromatic N) is 1. The number of hydrogen-bond donors (Lipinski definition) is 0. The van der Waals surface area contributed by atoms with Crippen LogP contribution in [0.1, 0.15) is 18.4 Å². The Labute approximate surface area is 96.0 Å². The second-order valence-corrected chi connectivity index (χ2v) is 3.70. The van der Waals surface area contributed by atoms with Crippen molar-refractivity contribution in [3.8, 4) is 5.75 Å². The number of hydrogen-bond acceptors (Lipinski definition) is 2. The molecule has 1 aliphatic rings. The Kier molecular flexibility index (Phi) is 3.20. The van der Waals surface area contributed by atoms with Crippen molar-refractivity contribution in [3.05, 3.63) is 42.5 Å². The first-order valence-corrected chi connectivity index (χ1v) is 5.35. The van der Waals surface area contributed by atoms with Crippen LogP contribution in [-0.2, 0) is 0 Å². The lowest BCUT2D eigenvalue weighted by Gasteiger charge is -2.04. The van der Waals surface area contributed by atoms with Crippen molar-refractivity contribution in [3.63, 3.8) is 0 Å². The van der Waals surface area contributed by atoms with Gasteiger partial charge in [0.1, 0.15) is 5.75 Å². The van der Waals surface area contributed by atoms with E-state index >= 15 is 0 Å². The third-order valence-corrected chi connectivity index (χ3v) is 2.54. The number of rotatable bonds is 3. The molecule has 0 N–H and O–H groups in total. The second-order valence-electron chi connectivity index (χ2n) is 3.70. The van der Waals surface area contributed by atoms with Crippen molar-refractivity contribution in [2.45, 2.75) is 12.8 Å². The predicted octanol–water partition coefficient (Wildman–Crippen LogP) is 3.76. The van der Waals surface area contributed by atoms with Gasteiger partial charge < -0.3 is 4.74 Å². The number of fused-ring (bicyclic) bond motifs is 1. The molecule has 0 spiro atoms. The fourth-order valence-electron chi connectivity index (χ4n) is 1.73. The summed E-state index contributed by atoms with van der Waals surface area (Å²) in [6, 6.07) is 5.94. The van der Waals surface area contributed by atoms with E-state index in [0.717, 1.165) is 35.6 Å². The van der Waals surface area contributed by atoms with Crippen LogP contribution in [0.25, 0.3) is 6.08 Å². The molecule has 2 rings (SSSR count). The highest BCUT2D eigenvalue weighted by Gasteiger charge is 2.06. The van der Waals surface area contributed by atoms with Gasteiger partial charge in [-0.05, 0) is 18.2 Å². The Morgan fingerprint density at radius 3 is 3.12 bits per heavy atom. The van der Waals surface area contributed by atoms with Crippen LogP contribution in [0.3, 0.4) is 0 Å². The van der Waals surface area contributed by atoms with E-state index in [-0.39, 0.29) is 0 Å². The van der Waals surface area contributed by atoms with Crippen molar-refractivity contribution in [1.29, 1.82) is 0 Å². The summed E-state index contributed by atoms with van der Waals surface area (Å²) in [5.74, 6) is 0.866. The molecule has 16 heavy (non-hydrogen) atoms. The molecule has 0 saturated carbocycles. The standard InChI is InChI=1S/C14H15NO/c1-3-5-12-7-4-6-11-10-13(16-2)8-9-14(11)15-12/h3-4,6,8-10H,1,5,7H2,2H3. The fourth-order valence-corrected chi connectivity index (χ4v) is 1.73. The molecule has 0 saturated heterocycles. The summed E-state index contributed by atoms with van der Waals surface area (Å²) in [5.41, 5.74) is 3.26. The summed E-state index contributed by atoms with van der Waals surface area (Å²) in [6.45, 7) is 3.74. The summed E-state index contributed by atoms with van der Waals surface area (Å²) in [5, 5.41) is 0. The molecular formula is C14H15NO. The number of benzene rings is 1. The van der Waals surface area contributed by atoms with E-state index in [9.17, 15) is 0 Å². The Morgan fingerprint density at radius 1 is 1.50 bits per heavy atom. The van der Waals surface area contributed by atoms with Gasteiger partial charge in [0.2, 0.25) is 0 Å². The van der Waals surface area contributed by atoms with Gasteiger partial charge in [-0.15, -0.1) is 6.58 Å². The minimum absolute atomic E-state index is 0.843. The number of ether oxygens (including phenoxy) is 1. The molecule has 0 unspecified atom stereocenters. The molecule has 1 heterocycles. The summed E-state index contributed by atoms with van der Waals surface area (Å²) in [7, 11) is 1.68. The number of methoxy groups -OCH3 is 1. The van der Waals surface area contributed by atoms with Gasteiger partial charge >= 0.3 is 0 Å². The second kappa shape index (κ2) is 4.79. The number of aliphatic imine (C=N–C) groups is 1. The van der Waals surface area contributed by atoms with Gasteiger partial charge in [0.25, 0.3) is 0 Å². The smallest absolute Gasteiger partial charge is 0.119 e. The minimum atomic E-state index is 0.843. The highest BCUT2D eigenvalue weighted by molar-refractivity contribution is 5.92. The molecule has 0 radical (unpaired) electrons. The van der Waals surface area contributed by atoms with Crippen molar-refractivity contribution in [1.82, 2.24) is 0 Å². The van der Waals surface area contributed by atoms with Crippen molar-refractivity contribution in [2.24, 2.45) is 4.99 Å². The highest BCUT2D eigenvalue weighted by Crippen LogP contribution is 2.28. The normalized spacial score (nSPS) is 13.7. The zero-order valence-electron chi connectivity index (χ0n) is 9.44. The molecule has 2 heteroatoms. The van der Waals surface area contributed by atoms with Crippen LogP contribution < -0.4 is 4.74 Å². The van der Waals surface area contributed by atoms with Crippen molar-refractivity contribution < 1.29 is 4.74 Å². The van der Waals surface area contributed by atoms with Crippen LogP contribution in [0, 0.1) is 0 Å². The van der Waals surface area contributed by atoms with E-state index in [1.165, 1.54) is 0 Å². The molecule has 1 aliphatic heterocycles. The van der Waals surface area contributed by atoms with Crippen LogP contribution in [0.15, 0.2) is 41.9 Å². The van der Waals surface area contributed by atoms with Crippen molar-refractivity contribution in [2.75, 3.05) is 7.11 Å². The lowest BCUT2D eigenvalue weighted by Crippen LogP contribution is -1.92. The van der Waals surface area contributed by atoms with E-state index in [4.69, 9.17) is 4.74 Å². The third-order valence-electron chi connectivity index (χ3n) is 2.54. The average Bonchev–Trinajstić information content (AvgIpc) is 2.50. The summed E-state index contributed by atoms with van der Waals surface area (Å²) < 4.78 is 5.20. The highest BCUT2D eigenvalue weighted by atomic mass is 16.5. The molecule has 2 nitrogen and oxygen atoms in total. The van der Waals surface area contributed by atoms with Crippen LogP contribution in [0.2, 0.25) is 0 Å². The average molecular weight is 213 g/mol. The quantitative estimate of drug-likeness (QED) is 0.700. The minimum Gasteiger partial charge on any atom is -0.497 e. The summed E-state index contributed by atoms with van der Waals surface area (Å²) >= 11 is 0.